The van der Waals surface area contributed by atoms with Gasteiger partial charge in [0.2, 0.25) is 5.43 Å². The third-order valence-electron chi connectivity index (χ3n) is 4.57. The molecule has 6 heteroatoms. The quantitative estimate of drug-likeness (QED) is 0.820. The van der Waals surface area contributed by atoms with Crippen LogP contribution in [0, 0.1) is 5.92 Å². The molecule has 0 aliphatic carbocycles. The monoisotopic (exact) mass is 328 g/mol. The van der Waals surface area contributed by atoms with Crippen molar-refractivity contribution in [2.75, 3.05) is 26.2 Å². The van der Waals surface area contributed by atoms with E-state index in [1.807, 2.05) is 6.07 Å². The second-order valence-corrected chi connectivity index (χ2v) is 6.60. The highest BCUT2D eigenvalue weighted by Gasteiger charge is 2.17. The number of hydrogen-bond acceptors (Lipinski definition) is 4. The summed E-state index contributed by atoms with van der Waals surface area (Å²) in [7, 11) is 0. The van der Waals surface area contributed by atoms with E-state index in [0.717, 1.165) is 32.0 Å². The van der Waals surface area contributed by atoms with Gasteiger partial charge in [0.25, 0.3) is 5.91 Å². The molecule has 6 nitrogen and oxygen atoms in total. The number of nitrogens with one attached hydrogen (secondary N) is 2. The van der Waals surface area contributed by atoms with E-state index in [1.165, 1.54) is 12.8 Å². The minimum absolute atomic E-state index is 0.0692. The van der Waals surface area contributed by atoms with Gasteiger partial charge in [0, 0.05) is 18.5 Å². The van der Waals surface area contributed by atoms with Crippen molar-refractivity contribution in [3.05, 3.63) is 40.2 Å². The van der Waals surface area contributed by atoms with E-state index in [0.29, 0.717) is 17.4 Å². The molecule has 0 radical (unpaired) electrons. The Bertz CT molecular complexity index is 771. The van der Waals surface area contributed by atoms with Crippen LogP contribution in [0.25, 0.3) is 10.9 Å². The van der Waals surface area contributed by atoms with Crippen molar-refractivity contribution >= 4 is 16.8 Å². The summed E-state index contributed by atoms with van der Waals surface area (Å²) in [5.41, 5.74) is 0.241. The number of aromatic nitrogens is 2. The van der Waals surface area contributed by atoms with E-state index in [4.69, 9.17) is 0 Å². The lowest BCUT2D eigenvalue weighted by molar-refractivity contribution is 0.0943. The molecule has 1 amide bonds. The third kappa shape index (κ3) is 3.82. The van der Waals surface area contributed by atoms with Crippen LogP contribution < -0.4 is 10.7 Å². The van der Waals surface area contributed by atoms with Gasteiger partial charge in [0.1, 0.15) is 0 Å². The van der Waals surface area contributed by atoms with Crippen LogP contribution in [0.15, 0.2) is 29.1 Å². The summed E-state index contributed by atoms with van der Waals surface area (Å²) in [6, 6.07) is 7.06. The van der Waals surface area contributed by atoms with Gasteiger partial charge in [0.05, 0.1) is 5.52 Å². The van der Waals surface area contributed by atoms with E-state index in [2.05, 4.69) is 27.3 Å². The first kappa shape index (κ1) is 16.6. The van der Waals surface area contributed by atoms with Gasteiger partial charge in [-0.25, -0.2) is 0 Å². The molecule has 2 heterocycles. The summed E-state index contributed by atoms with van der Waals surface area (Å²) in [6.07, 6.45) is 3.44. The number of hydrogen-bond donors (Lipinski definition) is 2. The van der Waals surface area contributed by atoms with Crippen molar-refractivity contribution in [1.82, 2.24) is 20.4 Å². The molecule has 2 N–H and O–H groups in total. The van der Waals surface area contributed by atoms with Crippen molar-refractivity contribution in [3.63, 3.8) is 0 Å². The number of H-pyrrole nitrogens is 1. The van der Waals surface area contributed by atoms with Crippen molar-refractivity contribution in [2.45, 2.75) is 26.2 Å². The predicted molar refractivity (Wildman–Crippen MR) is 94.2 cm³/mol. The van der Waals surface area contributed by atoms with Crippen LogP contribution in [0.5, 0.6) is 0 Å². The van der Waals surface area contributed by atoms with Crippen LogP contribution in [-0.2, 0) is 0 Å². The van der Waals surface area contributed by atoms with Crippen LogP contribution in [0.4, 0.5) is 0 Å². The number of fused-ring (bicyclic) bond motifs is 1. The van der Waals surface area contributed by atoms with E-state index >= 15 is 0 Å². The van der Waals surface area contributed by atoms with Crippen LogP contribution >= 0.6 is 0 Å². The summed E-state index contributed by atoms with van der Waals surface area (Å²) in [6.45, 7) is 6.10. The first-order valence-electron chi connectivity index (χ1n) is 8.63. The topological polar surface area (TPSA) is 78.1 Å². The van der Waals surface area contributed by atoms with Gasteiger partial charge in [-0.05, 0) is 50.4 Å². The maximum atomic E-state index is 12.3. The SMILES string of the molecule is C[C@@H]1CCCN(CCCNC(=O)c2n[nH]c3ccccc3c2=O)C1. The number of aromatic amines is 1. The Labute approximate surface area is 141 Å². The normalized spacial score (nSPS) is 18.6. The average Bonchev–Trinajstić information content (AvgIpc) is 2.59. The number of rotatable bonds is 5. The summed E-state index contributed by atoms with van der Waals surface area (Å²) < 4.78 is 0. The fourth-order valence-electron chi connectivity index (χ4n) is 3.31. The third-order valence-corrected chi connectivity index (χ3v) is 4.57. The van der Waals surface area contributed by atoms with Crippen molar-refractivity contribution in [1.29, 1.82) is 0 Å². The summed E-state index contributed by atoms with van der Waals surface area (Å²) in [5.74, 6) is 0.350. The Morgan fingerprint density at radius 1 is 1.42 bits per heavy atom. The molecule has 3 rings (SSSR count). The van der Waals surface area contributed by atoms with Crippen LogP contribution in [0.1, 0.15) is 36.7 Å². The Hall–Kier alpha value is -2.21. The molecule has 1 aliphatic heterocycles. The van der Waals surface area contributed by atoms with Gasteiger partial charge in [-0.15, -0.1) is 0 Å². The molecule has 0 bridgehead atoms. The second-order valence-electron chi connectivity index (χ2n) is 6.60. The maximum Gasteiger partial charge on any atom is 0.275 e. The Kier molecular flexibility index (Phi) is 5.25. The Morgan fingerprint density at radius 3 is 3.08 bits per heavy atom. The molecule has 1 fully saturated rings. The van der Waals surface area contributed by atoms with Crippen molar-refractivity contribution < 1.29 is 4.79 Å². The summed E-state index contributed by atoms with van der Waals surface area (Å²) >= 11 is 0. The van der Waals surface area contributed by atoms with Crippen LogP contribution in [-0.4, -0.2) is 47.2 Å². The number of benzene rings is 1. The number of carbonyl (C=O) groups excluding carboxylic acids is 1. The highest BCUT2D eigenvalue weighted by Crippen LogP contribution is 2.15. The van der Waals surface area contributed by atoms with Gasteiger partial charge in [-0.2, -0.15) is 5.10 Å². The van der Waals surface area contributed by atoms with Crippen LogP contribution in [0.3, 0.4) is 0 Å². The number of carbonyl (C=O) groups is 1. The number of piperidine rings is 1. The molecule has 0 unspecified atom stereocenters. The molecule has 2 aromatic rings. The standard InChI is InChI=1S/C18H24N4O2/c1-13-6-4-10-22(12-13)11-5-9-19-18(24)16-17(23)14-7-2-3-8-15(14)20-21-16/h2-3,7-8,13H,4-6,9-12H2,1H3,(H,19,24)(H,20,23)/t13-/m1/s1. The molecule has 128 valence electrons. The fourth-order valence-corrected chi connectivity index (χ4v) is 3.31. The number of para-hydroxylation sites is 1. The Balaban J connectivity index is 1.54. The van der Waals surface area contributed by atoms with E-state index in [9.17, 15) is 9.59 Å². The average molecular weight is 328 g/mol. The zero-order valence-corrected chi connectivity index (χ0v) is 14.0. The molecule has 0 saturated carbocycles. The molecule has 1 saturated heterocycles. The summed E-state index contributed by atoms with van der Waals surface area (Å²) in [4.78, 5) is 27.0. The lowest BCUT2D eigenvalue weighted by Gasteiger charge is -2.30. The Morgan fingerprint density at radius 2 is 2.25 bits per heavy atom. The second kappa shape index (κ2) is 7.57. The molecule has 1 aromatic heterocycles. The van der Waals surface area contributed by atoms with Gasteiger partial charge in [-0.3, -0.25) is 14.7 Å². The fraction of sp³-hybridized carbons (Fsp3) is 0.500. The van der Waals surface area contributed by atoms with Crippen molar-refractivity contribution in [3.8, 4) is 0 Å². The van der Waals surface area contributed by atoms with Gasteiger partial charge in [-0.1, -0.05) is 19.1 Å². The molecule has 1 aromatic carbocycles. The lowest BCUT2D eigenvalue weighted by Crippen LogP contribution is -2.37. The maximum absolute atomic E-state index is 12.3. The molecule has 0 spiro atoms. The highest BCUT2D eigenvalue weighted by molar-refractivity contribution is 5.95. The van der Waals surface area contributed by atoms with E-state index < -0.39 is 5.91 Å². The smallest absolute Gasteiger partial charge is 0.275 e. The first-order valence-corrected chi connectivity index (χ1v) is 8.63. The molecule has 24 heavy (non-hydrogen) atoms. The first-order chi connectivity index (χ1) is 11.6. The zero-order chi connectivity index (χ0) is 16.9. The number of amides is 1. The zero-order valence-electron chi connectivity index (χ0n) is 14.0. The number of likely N-dealkylation sites (tertiary alicyclic amines) is 1. The van der Waals surface area contributed by atoms with Gasteiger partial charge >= 0.3 is 0 Å². The molecule has 1 aliphatic rings. The van der Waals surface area contributed by atoms with Gasteiger partial charge < -0.3 is 10.2 Å². The lowest BCUT2D eigenvalue weighted by atomic mass is 10.0. The van der Waals surface area contributed by atoms with E-state index in [1.54, 1.807) is 18.2 Å². The minimum Gasteiger partial charge on any atom is -0.350 e. The molecular weight excluding hydrogens is 304 g/mol. The summed E-state index contributed by atoms with van der Waals surface area (Å²) in [5, 5.41) is 9.99. The van der Waals surface area contributed by atoms with Crippen LogP contribution in [0.2, 0.25) is 0 Å². The largest absolute Gasteiger partial charge is 0.350 e. The van der Waals surface area contributed by atoms with E-state index in [-0.39, 0.29) is 11.1 Å². The highest BCUT2D eigenvalue weighted by atomic mass is 16.2. The van der Waals surface area contributed by atoms with Gasteiger partial charge in [0.15, 0.2) is 5.69 Å². The number of nitrogens with zero attached hydrogens (tertiary/aromatic N) is 2. The predicted octanol–water partition coefficient (Wildman–Crippen LogP) is 1.77. The molecule has 1 atom stereocenters. The minimum atomic E-state index is -0.408. The molecular formula is C18H24N4O2. The van der Waals surface area contributed by atoms with Crippen molar-refractivity contribution in [2.24, 2.45) is 5.92 Å².